The quantitative estimate of drug-likeness (QED) is 0.914. The van der Waals surface area contributed by atoms with Crippen molar-refractivity contribution in [3.8, 4) is 0 Å². The molecule has 0 bridgehead atoms. The van der Waals surface area contributed by atoms with Gasteiger partial charge in [-0.25, -0.2) is 9.18 Å². The first-order valence-corrected chi connectivity index (χ1v) is 6.02. The van der Waals surface area contributed by atoms with Crippen LogP contribution in [0.15, 0.2) is 21.0 Å². The van der Waals surface area contributed by atoms with E-state index in [2.05, 4.69) is 15.9 Å². The summed E-state index contributed by atoms with van der Waals surface area (Å²) in [6, 6.07) is 2.81. The fourth-order valence-electron chi connectivity index (χ4n) is 2.05. The number of carbonyl (C=O) groups is 1. The summed E-state index contributed by atoms with van der Waals surface area (Å²) in [6.45, 7) is 0. The SMILES string of the molecule is O=C(O)c1oc2cc(F)c(Br)cc2c1C1CC1. The first-order valence-electron chi connectivity index (χ1n) is 5.22. The highest BCUT2D eigenvalue weighted by atomic mass is 79.9. The molecule has 17 heavy (non-hydrogen) atoms. The molecular formula is C12H8BrFO3. The van der Waals surface area contributed by atoms with Gasteiger partial charge >= 0.3 is 5.97 Å². The van der Waals surface area contributed by atoms with Crippen LogP contribution in [0.2, 0.25) is 0 Å². The molecule has 3 nitrogen and oxygen atoms in total. The van der Waals surface area contributed by atoms with Crippen LogP contribution in [0.3, 0.4) is 0 Å². The minimum Gasteiger partial charge on any atom is -0.475 e. The van der Waals surface area contributed by atoms with Crippen LogP contribution in [0.25, 0.3) is 11.0 Å². The Hall–Kier alpha value is -1.36. The molecule has 0 unspecified atom stereocenters. The predicted molar refractivity (Wildman–Crippen MR) is 62.8 cm³/mol. The van der Waals surface area contributed by atoms with Crippen LogP contribution in [0.5, 0.6) is 0 Å². The molecule has 0 aliphatic heterocycles. The topological polar surface area (TPSA) is 50.4 Å². The van der Waals surface area contributed by atoms with Crippen molar-refractivity contribution >= 4 is 32.9 Å². The average molecular weight is 299 g/mol. The van der Waals surface area contributed by atoms with Crippen molar-refractivity contribution < 1.29 is 18.7 Å². The first-order chi connectivity index (χ1) is 8.08. The van der Waals surface area contributed by atoms with E-state index < -0.39 is 11.8 Å². The maximum atomic E-state index is 13.4. The molecule has 1 N–H and O–H groups in total. The van der Waals surface area contributed by atoms with Gasteiger partial charge in [-0.2, -0.15) is 0 Å². The van der Waals surface area contributed by atoms with E-state index in [1.165, 1.54) is 6.07 Å². The van der Waals surface area contributed by atoms with E-state index in [1.54, 1.807) is 6.07 Å². The van der Waals surface area contributed by atoms with Crippen molar-refractivity contribution in [1.29, 1.82) is 0 Å². The summed E-state index contributed by atoms with van der Waals surface area (Å²) in [5.74, 6) is -1.37. The van der Waals surface area contributed by atoms with Gasteiger partial charge in [0, 0.05) is 17.0 Å². The molecule has 1 aliphatic rings. The number of aromatic carboxylic acids is 1. The van der Waals surface area contributed by atoms with Crippen LogP contribution in [-0.2, 0) is 0 Å². The van der Waals surface area contributed by atoms with E-state index in [1.807, 2.05) is 0 Å². The van der Waals surface area contributed by atoms with Gasteiger partial charge in [0.05, 0.1) is 4.47 Å². The zero-order valence-electron chi connectivity index (χ0n) is 8.67. The average Bonchev–Trinajstić information content (AvgIpc) is 3.02. The molecule has 1 saturated carbocycles. The third-order valence-electron chi connectivity index (χ3n) is 2.95. The van der Waals surface area contributed by atoms with Gasteiger partial charge in [-0.3, -0.25) is 0 Å². The minimum absolute atomic E-state index is 0.0556. The molecule has 1 fully saturated rings. The summed E-state index contributed by atoms with van der Waals surface area (Å²) < 4.78 is 18.9. The molecule has 0 radical (unpaired) electrons. The van der Waals surface area contributed by atoms with Gasteiger partial charge in [-0.05, 0) is 40.8 Å². The lowest BCUT2D eigenvalue weighted by Gasteiger charge is -1.97. The fourth-order valence-corrected chi connectivity index (χ4v) is 2.39. The second kappa shape index (κ2) is 3.57. The van der Waals surface area contributed by atoms with Crippen LogP contribution in [0.4, 0.5) is 4.39 Å². The summed E-state index contributed by atoms with van der Waals surface area (Å²) >= 11 is 3.10. The van der Waals surface area contributed by atoms with Gasteiger partial charge < -0.3 is 9.52 Å². The van der Waals surface area contributed by atoms with Crippen molar-refractivity contribution in [2.24, 2.45) is 0 Å². The lowest BCUT2D eigenvalue weighted by atomic mass is 10.1. The highest BCUT2D eigenvalue weighted by Gasteiger charge is 2.33. The number of benzene rings is 1. The second-order valence-electron chi connectivity index (χ2n) is 4.19. The zero-order valence-corrected chi connectivity index (χ0v) is 10.3. The van der Waals surface area contributed by atoms with Gasteiger partial charge in [0.1, 0.15) is 11.4 Å². The number of carboxylic acid groups (broad SMARTS) is 1. The number of rotatable bonds is 2. The molecule has 1 aromatic heterocycles. The smallest absolute Gasteiger partial charge is 0.372 e. The van der Waals surface area contributed by atoms with Crippen molar-refractivity contribution in [3.05, 3.63) is 33.7 Å². The van der Waals surface area contributed by atoms with Gasteiger partial charge in [0.15, 0.2) is 0 Å². The van der Waals surface area contributed by atoms with E-state index in [9.17, 15) is 9.18 Å². The zero-order chi connectivity index (χ0) is 12.2. The molecule has 1 aliphatic carbocycles. The number of furan rings is 1. The standard InChI is InChI=1S/C12H8BrFO3/c13-7-3-6-9(4-8(7)14)17-11(12(15)16)10(6)5-1-2-5/h3-5H,1-2H2,(H,15,16). The Bertz CT molecular complexity index is 628. The second-order valence-corrected chi connectivity index (χ2v) is 5.04. The lowest BCUT2D eigenvalue weighted by molar-refractivity contribution is 0.0663. The van der Waals surface area contributed by atoms with Crippen molar-refractivity contribution in [2.45, 2.75) is 18.8 Å². The molecule has 0 saturated heterocycles. The lowest BCUT2D eigenvalue weighted by Crippen LogP contribution is -1.97. The van der Waals surface area contributed by atoms with Crippen LogP contribution in [-0.4, -0.2) is 11.1 Å². The maximum absolute atomic E-state index is 13.4. The summed E-state index contributed by atoms with van der Waals surface area (Å²) in [5.41, 5.74) is 0.998. The number of fused-ring (bicyclic) bond motifs is 1. The molecule has 3 rings (SSSR count). The Morgan fingerprint density at radius 2 is 2.18 bits per heavy atom. The Labute approximate surface area is 104 Å². The Morgan fingerprint density at radius 3 is 2.76 bits per heavy atom. The summed E-state index contributed by atoms with van der Waals surface area (Å²) in [7, 11) is 0. The number of halogens is 2. The van der Waals surface area contributed by atoms with Crippen molar-refractivity contribution in [1.82, 2.24) is 0 Å². The monoisotopic (exact) mass is 298 g/mol. The first kappa shape index (κ1) is 10.8. The summed E-state index contributed by atoms with van der Waals surface area (Å²) in [6.07, 6.45) is 1.92. The molecule has 0 amide bonds. The molecule has 2 aromatic rings. The van der Waals surface area contributed by atoms with E-state index in [4.69, 9.17) is 9.52 Å². The van der Waals surface area contributed by atoms with E-state index >= 15 is 0 Å². The van der Waals surface area contributed by atoms with Crippen LogP contribution < -0.4 is 0 Å². The largest absolute Gasteiger partial charge is 0.475 e. The normalized spacial score (nSPS) is 15.4. The van der Waals surface area contributed by atoms with E-state index in [0.29, 0.717) is 21.0 Å². The third-order valence-corrected chi connectivity index (χ3v) is 3.56. The van der Waals surface area contributed by atoms with Gasteiger partial charge in [0.2, 0.25) is 5.76 Å². The predicted octanol–water partition coefficient (Wildman–Crippen LogP) is 3.91. The fraction of sp³-hybridized carbons (Fsp3) is 0.250. The number of carboxylic acids is 1. The molecule has 0 atom stereocenters. The maximum Gasteiger partial charge on any atom is 0.372 e. The summed E-state index contributed by atoms with van der Waals surface area (Å²) in [5, 5.41) is 9.78. The van der Waals surface area contributed by atoms with Crippen LogP contribution in [0, 0.1) is 5.82 Å². The number of hydrogen-bond donors (Lipinski definition) is 1. The Balaban J connectivity index is 2.34. The molecule has 0 spiro atoms. The molecule has 5 heteroatoms. The Morgan fingerprint density at radius 1 is 1.47 bits per heavy atom. The molecule has 1 heterocycles. The van der Waals surface area contributed by atoms with Gasteiger partial charge in [-0.1, -0.05) is 0 Å². The van der Waals surface area contributed by atoms with Gasteiger partial charge in [0.25, 0.3) is 0 Å². The van der Waals surface area contributed by atoms with Gasteiger partial charge in [-0.15, -0.1) is 0 Å². The number of hydrogen-bond acceptors (Lipinski definition) is 2. The molecular weight excluding hydrogens is 291 g/mol. The molecule has 1 aromatic carbocycles. The third kappa shape index (κ3) is 1.65. The van der Waals surface area contributed by atoms with E-state index in [0.717, 1.165) is 12.8 Å². The minimum atomic E-state index is -1.10. The molecule has 88 valence electrons. The highest BCUT2D eigenvalue weighted by Crippen LogP contribution is 2.46. The summed E-state index contributed by atoms with van der Waals surface area (Å²) in [4.78, 5) is 11.1. The van der Waals surface area contributed by atoms with E-state index in [-0.39, 0.29) is 11.7 Å². The van der Waals surface area contributed by atoms with Crippen LogP contribution in [0.1, 0.15) is 34.9 Å². The Kier molecular flexibility index (Phi) is 2.26. The highest BCUT2D eigenvalue weighted by molar-refractivity contribution is 9.10. The van der Waals surface area contributed by atoms with Crippen molar-refractivity contribution in [3.63, 3.8) is 0 Å². The van der Waals surface area contributed by atoms with Crippen LogP contribution >= 0.6 is 15.9 Å². The van der Waals surface area contributed by atoms with Crippen molar-refractivity contribution in [2.75, 3.05) is 0 Å².